The molecule has 3 heterocycles. The van der Waals surface area contributed by atoms with Crippen LogP contribution in [0.3, 0.4) is 0 Å². The molecule has 3 fully saturated rings. The number of urea groups is 1. The first-order valence-electron chi connectivity index (χ1n) is 8.95. The highest BCUT2D eigenvalue weighted by Crippen LogP contribution is 2.29. The molecule has 0 saturated carbocycles. The average Bonchev–Trinajstić information content (AvgIpc) is 3.13. The standard InChI is InChI=1S/C18H21FN4O3/c1-2-21-17(25)15-11-20(9-10-23(15)18(21)26)14-7-8-22(16(14)24)13-6-4-3-5-12(13)19/h3-6,14-15H,2,7-11H2,1H3/t14-,15-/m1/s1. The van der Waals surface area contributed by atoms with Gasteiger partial charge in [0.2, 0.25) is 5.91 Å². The third kappa shape index (κ3) is 2.47. The topological polar surface area (TPSA) is 64.2 Å². The summed E-state index contributed by atoms with van der Waals surface area (Å²) in [6.07, 6.45) is 0.583. The molecule has 3 aliphatic rings. The van der Waals surface area contributed by atoms with Crippen LogP contribution in [0.5, 0.6) is 0 Å². The first-order chi connectivity index (χ1) is 12.5. The van der Waals surface area contributed by atoms with Crippen LogP contribution in [0.15, 0.2) is 24.3 Å². The molecule has 138 valence electrons. The molecule has 0 aromatic heterocycles. The van der Waals surface area contributed by atoms with E-state index in [4.69, 9.17) is 0 Å². The lowest BCUT2D eigenvalue weighted by Gasteiger charge is -2.37. The number of rotatable bonds is 3. The molecular formula is C18H21FN4O3. The third-order valence-corrected chi connectivity index (χ3v) is 5.52. The van der Waals surface area contributed by atoms with E-state index in [2.05, 4.69) is 0 Å². The van der Waals surface area contributed by atoms with Gasteiger partial charge in [-0.25, -0.2) is 9.18 Å². The van der Waals surface area contributed by atoms with Crippen LogP contribution in [0.4, 0.5) is 14.9 Å². The van der Waals surface area contributed by atoms with Crippen molar-refractivity contribution in [3.8, 4) is 0 Å². The number of carbonyl (C=O) groups excluding carboxylic acids is 3. The van der Waals surface area contributed by atoms with E-state index in [0.29, 0.717) is 44.8 Å². The second-order valence-electron chi connectivity index (χ2n) is 6.81. The molecule has 0 aliphatic carbocycles. The molecule has 26 heavy (non-hydrogen) atoms. The smallest absolute Gasteiger partial charge is 0.310 e. The van der Waals surface area contributed by atoms with Gasteiger partial charge >= 0.3 is 6.03 Å². The van der Waals surface area contributed by atoms with Crippen LogP contribution >= 0.6 is 0 Å². The Morgan fingerprint density at radius 2 is 1.81 bits per heavy atom. The maximum atomic E-state index is 14.0. The summed E-state index contributed by atoms with van der Waals surface area (Å²) in [5.74, 6) is -0.757. The molecule has 0 N–H and O–H groups in total. The van der Waals surface area contributed by atoms with Crippen LogP contribution in [-0.2, 0) is 9.59 Å². The van der Waals surface area contributed by atoms with E-state index in [1.165, 1.54) is 15.9 Å². The molecule has 4 rings (SSSR count). The maximum Gasteiger partial charge on any atom is 0.327 e. The largest absolute Gasteiger partial charge is 0.327 e. The normalized spacial score (nSPS) is 26.8. The molecule has 3 saturated heterocycles. The number of amides is 4. The van der Waals surface area contributed by atoms with Gasteiger partial charge in [0, 0.05) is 32.7 Å². The van der Waals surface area contributed by atoms with E-state index in [0.717, 1.165) is 0 Å². The first-order valence-corrected chi connectivity index (χ1v) is 8.95. The number of fused-ring (bicyclic) bond motifs is 1. The Morgan fingerprint density at radius 1 is 1.04 bits per heavy atom. The number of piperazine rings is 1. The van der Waals surface area contributed by atoms with Crippen LogP contribution < -0.4 is 4.90 Å². The fourth-order valence-corrected chi connectivity index (χ4v) is 4.16. The van der Waals surface area contributed by atoms with Gasteiger partial charge in [-0.3, -0.25) is 19.4 Å². The summed E-state index contributed by atoms with van der Waals surface area (Å²) in [5, 5.41) is 0. The average molecular weight is 360 g/mol. The molecule has 0 radical (unpaired) electrons. The van der Waals surface area contributed by atoms with Crippen molar-refractivity contribution in [3.05, 3.63) is 30.1 Å². The summed E-state index contributed by atoms with van der Waals surface area (Å²) in [6, 6.07) is 5.11. The lowest BCUT2D eigenvalue weighted by Crippen LogP contribution is -2.57. The van der Waals surface area contributed by atoms with Crippen LogP contribution in [0.2, 0.25) is 0 Å². The SMILES string of the molecule is CCN1C(=O)[C@H]2CN([C@@H]3CCN(c4ccccc4F)C3=O)CCN2C1=O. The number of halogens is 1. The molecule has 3 aliphatic heterocycles. The number of nitrogens with zero attached hydrogens (tertiary/aromatic N) is 4. The van der Waals surface area contributed by atoms with Crippen LogP contribution in [0.25, 0.3) is 0 Å². The van der Waals surface area contributed by atoms with Gasteiger partial charge in [-0.1, -0.05) is 12.1 Å². The van der Waals surface area contributed by atoms with Crippen molar-refractivity contribution in [2.75, 3.05) is 37.6 Å². The summed E-state index contributed by atoms with van der Waals surface area (Å²) in [7, 11) is 0. The highest BCUT2D eigenvalue weighted by Gasteiger charge is 2.49. The molecule has 7 nitrogen and oxygen atoms in total. The molecule has 1 aromatic rings. The van der Waals surface area contributed by atoms with E-state index in [1.54, 1.807) is 30.0 Å². The van der Waals surface area contributed by atoms with Gasteiger partial charge in [0.15, 0.2) is 0 Å². The summed E-state index contributed by atoms with van der Waals surface area (Å²) >= 11 is 0. The van der Waals surface area contributed by atoms with E-state index < -0.39 is 11.9 Å². The van der Waals surface area contributed by atoms with Crippen LogP contribution in [-0.4, -0.2) is 77.4 Å². The van der Waals surface area contributed by atoms with Gasteiger partial charge < -0.3 is 9.80 Å². The number of hydrogen-bond acceptors (Lipinski definition) is 4. The van der Waals surface area contributed by atoms with Gasteiger partial charge in [-0.15, -0.1) is 0 Å². The van der Waals surface area contributed by atoms with Gasteiger partial charge in [0.05, 0.1) is 11.7 Å². The number of carbonyl (C=O) groups is 3. The van der Waals surface area contributed by atoms with Crippen molar-refractivity contribution < 1.29 is 18.8 Å². The van der Waals surface area contributed by atoms with E-state index in [1.807, 2.05) is 4.90 Å². The lowest BCUT2D eigenvalue weighted by molar-refractivity contribution is -0.131. The minimum absolute atomic E-state index is 0.146. The maximum absolute atomic E-state index is 14.0. The number of hydrogen-bond donors (Lipinski definition) is 0. The van der Waals surface area contributed by atoms with Crippen molar-refractivity contribution in [2.45, 2.75) is 25.4 Å². The zero-order valence-electron chi connectivity index (χ0n) is 14.6. The number of imide groups is 1. The fourth-order valence-electron chi connectivity index (χ4n) is 4.16. The molecule has 4 amide bonds. The third-order valence-electron chi connectivity index (χ3n) is 5.52. The summed E-state index contributed by atoms with van der Waals surface area (Å²) in [5.41, 5.74) is 0.294. The number of anilines is 1. The van der Waals surface area contributed by atoms with E-state index in [-0.39, 0.29) is 23.9 Å². The van der Waals surface area contributed by atoms with Crippen molar-refractivity contribution in [1.82, 2.24) is 14.7 Å². The van der Waals surface area contributed by atoms with Crippen LogP contribution in [0.1, 0.15) is 13.3 Å². The highest BCUT2D eigenvalue weighted by atomic mass is 19.1. The zero-order chi connectivity index (χ0) is 18.4. The molecule has 0 unspecified atom stereocenters. The molecule has 0 bridgehead atoms. The monoisotopic (exact) mass is 360 g/mol. The zero-order valence-corrected chi connectivity index (χ0v) is 14.6. The van der Waals surface area contributed by atoms with Gasteiger partial charge in [-0.2, -0.15) is 0 Å². The lowest BCUT2D eigenvalue weighted by atomic mass is 10.1. The fraction of sp³-hybridized carbons (Fsp3) is 0.500. The Hall–Kier alpha value is -2.48. The van der Waals surface area contributed by atoms with Crippen molar-refractivity contribution in [3.63, 3.8) is 0 Å². The quantitative estimate of drug-likeness (QED) is 0.752. The summed E-state index contributed by atoms with van der Waals surface area (Å²) in [4.78, 5) is 43.8. The first kappa shape index (κ1) is 17.0. The molecule has 8 heteroatoms. The second kappa shape index (κ2) is 6.35. The van der Waals surface area contributed by atoms with Gasteiger partial charge in [0.25, 0.3) is 5.91 Å². The Labute approximate surface area is 150 Å². The minimum atomic E-state index is -0.522. The highest BCUT2D eigenvalue weighted by molar-refractivity contribution is 6.04. The number of likely N-dealkylation sites (N-methyl/N-ethyl adjacent to an activating group) is 1. The van der Waals surface area contributed by atoms with E-state index >= 15 is 0 Å². The van der Waals surface area contributed by atoms with Crippen molar-refractivity contribution in [2.24, 2.45) is 0 Å². The van der Waals surface area contributed by atoms with Gasteiger partial charge in [-0.05, 0) is 25.5 Å². The molecule has 0 spiro atoms. The predicted molar refractivity (Wildman–Crippen MR) is 92.0 cm³/mol. The summed E-state index contributed by atoms with van der Waals surface area (Å²) < 4.78 is 14.0. The second-order valence-corrected chi connectivity index (χ2v) is 6.81. The van der Waals surface area contributed by atoms with E-state index in [9.17, 15) is 18.8 Å². The van der Waals surface area contributed by atoms with Crippen molar-refractivity contribution >= 4 is 23.5 Å². The minimum Gasteiger partial charge on any atom is -0.310 e. The number of benzene rings is 1. The molecule has 1 aromatic carbocycles. The Bertz CT molecular complexity index is 771. The Morgan fingerprint density at radius 3 is 2.54 bits per heavy atom. The van der Waals surface area contributed by atoms with Gasteiger partial charge in [0.1, 0.15) is 11.9 Å². The number of para-hydroxylation sites is 1. The molecular weight excluding hydrogens is 339 g/mol. The summed E-state index contributed by atoms with van der Waals surface area (Å²) in [6.45, 7) is 3.89. The Balaban J connectivity index is 1.50. The predicted octanol–water partition coefficient (Wildman–Crippen LogP) is 0.899. The van der Waals surface area contributed by atoms with Crippen molar-refractivity contribution in [1.29, 1.82) is 0 Å². The Kier molecular flexibility index (Phi) is 4.14. The molecule has 2 atom stereocenters. The van der Waals surface area contributed by atoms with Crippen LogP contribution in [0, 0.1) is 5.82 Å².